The molecule has 2 N–H and O–H groups in total. The van der Waals surface area contributed by atoms with Gasteiger partial charge in [-0.15, -0.1) is 0 Å². The van der Waals surface area contributed by atoms with Crippen LogP contribution in [0.15, 0.2) is 24.3 Å². The molecule has 0 aliphatic carbocycles. The van der Waals surface area contributed by atoms with Crippen molar-refractivity contribution in [2.45, 2.75) is 11.4 Å². The summed E-state index contributed by atoms with van der Waals surface area (Å²) in [6, 6.07) is 7.60. The zero-order chi connectivity index (χ0) is 10.4. The van der Waals surface area contributed by atoms with Crippen LogP contribution in [0.1, 0.15) is 5.56 Å². The third-order valence-corrected chi connectivity index (χ3v) is 2.44. The zero-order valence-corrected chi connectivity index (χ0v) is 11.9. The van der Waals surface area contributed by atoms with Crippen LogP contribution in [0.4, 0.5) is 0 Å². The fourth-order valence-corrected chi connectivity index (χ4v) is 1.33. The van der Waals surface area contributed by atoms with Crippen LogP contribution in [0.25, 0.3) is 0 Å². The van der Waals surface area contributed by atoms with Crippen LogP contribution in [0.2, 0.25) is 0 Å². The van der Waals surface area contributed by atoms with Crippen molar-refractivity contribution >= 4 is 16.0 Å². The predicted octanol–water partition coefficient (Wildman–Crippen LogP) is 0.0846. The largest absolute Gasteiger partial charge is 1.00 e. The molecule has 1 unspecified atom stereocenters. The Morgan fingerprint density at radius 3 is 2.33 bits per heavy atom. The van der Waals surface area contributed by atoms with E-state index >= 15 is 0 Å². The van der Waals surface area contributed by atoms with E-state index in [1.165, 1.54) is 5.56 Å². The van der Waals surface area contributed by atoms with Gasteiger partial charge in [0.1, 0.15) is 0 Å². The third-order valence-electron chi connectivity index (χ3n) is 1.74. The quantitative estimate of drug-likeness (QED) is 0.617. The maximum absolute atomic E-state index is 9.04. The maximum Gasteiger partial charge on any atom is 1.00 e. The summed E-state index contributed by atoms with van der Waals surface area (Å²) >= 11 is 2.92. The van der Waals surface area contributed by atoms with Crippen LogP contribution in [-0.4, -0.2) is 45.5 Å². The van der Waals surface area contributed by atoms with Gasteiger partial charge in [0.15, 0.2) is 0 Å². The van der Waals surface area contributed by atoms with Crippen LogP contribution in [0.5, 0.6) is 5.75 Å². The van der Waals surface area contributed by atoms with Gasteiger partial charge in [-0.25, -0.2) is 0 Å². The standard InChI is InChI=1S/C10H13O3Se.Au/c11-5-9(12)6-13-10-3-1-8(7-14)2-4-10;/h1-4,9,11-12H,5-7H2;/q;+1. The number of hydrogen-bond donors (Lipinski definition) is 2. The van der Waals surface area contributed by atoms with Crippen molar-refractivity contribution < 1.29 is 37.3 Å². The molecule has 1 radical (unpaired) electrons. The monoisotopic (exact) mass is 458 g/mol. The average Bonchev–Trinajstić information content (AvgIpc) is 2.26. The van der Waals surface area contributed by atoms with Gasteiger partial charge in [0.05, 0.1) is 0 Å². The van der Waals surface area contributed by atoms with Gasteiger partial charge in [0.2, 0.25) is 0 Å². The topological polar surface area (TPSA) is 49.7 Å². The van der Waals surface area contributed by atoms with Gasteiger partial charge >= 0.3 is 114 Å². The minimum Gasteiger partial charge on any atom is 1.00 e. The Morgan fingerprint density at radius 2 is 1.87 bits per heavy atom. The second kappa shape index (κ2) is 8.36. The van der Waals surface area contributed by atoms with E-state index in [0.717, 1.165) is 5.32 Å². The third kappa shape index (κ3) is 5.73. The summed E-state index contributed by atoms with van der Waals surface area (Å²) in [6.07, 6.45) is -0.811. The van der Waals surface area contributed by atoms with E-state index in [0.29, 0.717) is 5.75 Å². The Morgan fingerprint density at radius 1 is 1.27 bits per heavy atom. The Hall–Kier alpha value is 0.200. The normalized spacial score (nSPS) is 11.7. The molecule has 0 fully saturated rings. The molecule has 0 saturated carbocycles. The van der Waals surface area contributed by atoms with E-state index in [-0.39, 0.29) is 35.6 Å². The van der Waals surface area contributed by atoms with Crippen LogP contribution < -0.4 is 4.74 Å². The molecule has 0 spiro atoms. The predicted molar refractivity (Wildman–Crippen MR) is 54.5 cm³/mol. The first kappa shape index (κ1) is 15.2. The number of aliphatic hydroxyl groups excluding tert-OH is 2. The summed E-state index contributed by atoms with van der Waals surface area (Å²) < 4.78 is 5.24. The van der Waals surface area contributed by atoms with Crippen LogP contribution >= 0.6 is 0 Å². The van der Waals surface area contributed by atoms with E-state index < -0.39 is 6.10 Å². The van der Waals surface area contributed by atoms with E-state index in [2.05, 4.69) is 16.0 Å². The minimum absolute atomic E-state index is 0. The van der Waals surface area contributed by atoms with Gasteiger partial charge < -0.3 is 0 Å². The van der Waals surface area contributed by atoms with Gasteiger partial charge in [-0.2, -0.15) is 0 Å². The molecule has 15 heavy (non-hydrogen) atoms. The average molecular weight is 457 g/mol. The Kier molecular flexibility index (Phi) is 8.47. The number of hydrogen-bond acceptors (Lipinski definition) is 3. The minimum atomic E-state index is -0.811. The van der Waals surface area contributed by atoms with Crippen molar-refractivity contribution in [2.24, 2.45) is 0 Å². The smallest absolute Gasteiger partial charge is 1.00 e. The summed E-state index contributed by atoms with van der Waals surface area (Å²) in [5.41, 5.74) is 1.19. The fourth-order valence-electron chi connectivity index (χ4n) is 0.927. The van der Waals surface area contributed by atoms with Gasteiger partial charge in [-0.05, 0) is 0 Å². The Balaban J connectivity index is 0.00000196. The molecule has 87 valence electrons. The van der Waals surface area contributed by atoms with E-state index in [1.807, 2.05) is 24.3 Å². The second-order valence-corrected chi connectivity index (χ2v) is 3.54. The molecule has 0 saturated heterocycles. The summed E-state index contributed by atoms with van der Waals surface area (Å²) in [6.45, 7) is -0.157. The maximum atomic E-state index is 9.04. The summed E-state index contributed by atoms with van der Waals surface area (Å²) in [5.74, 6) is 0.703. The first-order chi connectivity index (χ1) is 6.76. The van der Waals surface area contributed by atoms with Gasteiger partial charge in [-0.3, -0.25) is 0 Å². The number of benzene rings is 1. The fraction of sp³-hybridized carbons (Fsp3) is 0.400. The van der Waals surface area contributed by atoms with Crippen molar-refractivity contribution in [3.05, 3.63) is 29.8 Å². The molecule has 0 heterocycles. The molecule has 1 atom stereocenters. The molecule has 5 heteroatoms. The molecule has 1 aromatic carbocycles. The van der Waals surface area contributed by atoms with Crippen LogP contribution in [0.3, 0.4) is 0 Å². The summed E-state index contributed by atoms with van der Waals surface area (Å²) in [4.78, 5) is 0. The van der Waals surface area contributed by atoms with Crippen molar-refractivity contribution in [3.8, 4) is 5.75 Å². The van der Waals surface area contributed by atoms with E-state index in [9.17, 15) is 0 Å². The molecule has 1 rings (SSSR count). The van der Waals surface area contributed by atoms with E-state index in [1.54, 1.807) is 0 Å². The molecule has 0 aliphatic rings. The molecular weight excluding hydrogens is 444 g/mol. The van der Waals surface area contributed by atoms with Gasteiger partial charge in [0.25, 0.3) is 0 Å². The van der Waals surface area contributed by atoms with Crippen LogP contribution in [0, 0.1) is 0 Å². The molecule has 0 amide bonds. The molecule has 1 aromatic rings. The van der Waals surface area contributed by atoms with Crippen molar-refractivity contribution in [3.63, 3.8) is 0 Å². The molecule has 0 aliphatic heterocycles. The first-order valence-electron chi connectivity index (χ1n) is 4.35. The molecule has 0 aromatic heterocycles. The van der Waals surface area contributed by atoms with Crippen molar-refractivity contribution in [2.75, 3.05) is 13.2 Å². The zero-order valence-electron chi connectivity index (χ0n) is 8.02. The van der Waals surface area contributed by atoms with Gasteiger partial charge in [-0.1, -0.05) is 0 Å². The van der Waals surface area contributed by atoms with Crippen molar-refractivity contribution in [1.82, 2.24) is 0 Å². The summed E-state index contributed by atoms with van der Waals surface area (Å²) in [5, 5.41) is 18.5. The van der Waals surface area contributed by atoms with Crippen LogP contribution in [-0.2, 0) is 27.7 Å². The second-order valence-electron chi connectivity index (χ2n) is 2.94. The summed E-state index contributed by atoms with van der Waals surface area (Å²) in [7, 11) is 0. The van der Waals surface area contributed by atoms with Gasteiger partial charge in [0, 0.05) is 0 Å². The SMILES string of the molecule is OCC(O)COc1ccc(C[Se])cc1.[Au+]. The number of rotatable bonds is 5. The molecule has 0 bridgehead atoms. The first-order valence-corrected chi connectivity index (χ1v) is 5.56. The molecular formula is C10H13AuO3Se+. The Bertz CT molecular complexity index is 266. The molecule has 3 nitrogen and oxygen atoms in total. The Labute approximate surface area is 113 Å². The number of ether oxygens (including phenoxy) is 1. The number of aliphatic hydroxyl groups is 2. The van der Waals surface area contributed by atoms with Crippen molar-refractivity contribution in [1.29, 1.82) is 0 Å². The van der Waals surface area contributed by atoms with E-state index in [4.69, 9.17) is 14.9 Å².